The third kappa shape index (κ3) is 5.81. The second kappa shape index (κ2) is 10.1. The third-order valence-corrected chi connectivity index (χ3v) is 7.29. The van der Waals surface area contributed by atoms with E-state index in [-0.39, 0.29) is 18.0 Å². The lowest BCUT2D eigenvalue weighted by Crippen LogP contribution is -2.39. The van der Waals surface area contributed by atoms with Crippen molar-refractivity contribution in [3.63, 3.8) is 0 Å². The first-order valence-corrected chi connectivity index (χ1v) is 11.8. The molecule has 5 nitrogen and oxygen atoms in total. The number of benzene rings is 3. The number of nitrogens with zero attached hydrogens (tertiary/aromatic N) is 1. The largest absolute Gasteiger partial charge is 0.325 e. The topological polar surface area (TPSA) is 66.5 Å². The van der Waals surface area contributed by atoms with E-state index in [1.165, 1.54) is 28.6 Å². The van der Waals surface area contributed by atoms with E-state index < -0.39 is 21.7 Å². The van der Waals surface area contributed by atoms with Crippen molar-refractivity contribution in [1.29, 1.82) is 0 Å². The Hall–Kier alpha value is -3.03. The molecule has 7 heteroatoms. The van der Waals surface area contributed by atoms with Gasteiger partial charge in [-0.05, 0) is 68.1 Å². The molecule has 32 heavy (non-hydrogen) atoms. The van der Waals surface area contributed by atoms with Gasteiger partial charge in [0.2, 0.25) is 15.9 Å². The molecule has 1 amide bonds. The van der Waals surface area contributed by atoms with Crippen molar-refractivity contribution in [1.82, 2.24) is 4.31 Å². The van der Waals surface area contributed by atoms with Gasteiger partial charge in [0, 0.05) is 12.2 Å². The highest BCUT2D eigenvalue weighted by molar-refractivity contribution is 7.89. The number of hydrogen-bond acceptors (Lipinski definition) is 3. The van der Waals surface area contributed by atoms with Gasteiger partial charge in [0.25, 0.3) is 0 Å². The van der Waals surface area contributed by atoms with Crippen molar-refractivity contribution in [3.8, 4) is 0 Å². The second-order valence-electron chi connectivity index (χ2n) is 7.86. The zero-order chi connectivity index (χ0) is 23.3. The van der Waals surface area contributed by atoms with E-state index in [9.17, 15) is 17.6 Å². The van der Waals surface area contributed by atoms with Crippen LogP contribution in [0.2, 0.25) is 0 Å². The fraction of sp³-hybridized carbons (Fsp3) is 0.240. The molecule has 3 aromatic carbocycles. The molecule has 0 heterocycles. The van der Waals surface area contributed by atoms with Gasteiger partial charge in [-0.2, -0.15) is 4.31 Å². The fourth-order valence-electron chi connectivity index (χ4n) is 3.78. The van der Waals surface area contributed by atoms with Gasteiger partial charge in [0.1, 0.15) is 5.82 Å². The summed E-state index contributed by atoms with van der Waals surface area (Å²) < 4.78 is 41.6. The smallest absolute Gasteiger partial charge is 0.244 e. The maximum atomic E-state index is 13.6. The summed E-state index contributed by atoms with van der Waals surface area (Å²) in [6.07, 6.45) is 0.466. The Bertz CT molecular complexity index is 1170. The summed E-state index contributed by atoms with van der Waals surface area (Å²) in [6, 6.07) is 18.5. The summed E-state index contributed by atoms with van der Waals surface area (Å²) in [5.41, 5.74) is 3.64. The molecule has 3 aromatic rings. The van der Waals surface area contributed by atoms with Crippen LogP contribution in [0.15, 0.2) is 71.6 Å². The van der Waals surface area contributed by atoms with Crippen LogP contribution in [0.1, 0.15) is 22.3 Å². The van der Waals surface area contributed by atoms with E-state index in [0.717, 1.165) is 11.1 Å². The minimum Gasteiger partial charge on any atom is -0.325 e. The normalized spacial score (nSPS) is 11.5. The SMILES string of the molecule is Cc1cc(C)c(S(=O)(=O)N(CCc2ccccc2)CC(=O)Nc2ccc(F)cc2)c(C)c1. The Morgan fingerprint density at radius 3 is 2.12 bits per heavy atom. The molecule has 1 N–H and O–H groups in total. The van der Waals surface area contributed by atoms with E-state index in [1.807, 2.05) is 49.4 Å². The van der Waals surface area contributed by atoms with Crippen molar-refractivity contribution < 1.29 is 17.6 Å². The summed E-state index contributed by atoms with van der Waals surface area (Å²) in [7, 11) is -3.93. The van der Waals surface area contributed by atoms with Gasteiger partial charge in [-0.3, -0.25) is 4.79 Å². The quantitative estimate of drug-likeness (QED) is 0.540. The summed E-state index contributed by atoms with van der Waals surface area (Å²) >= 11 is 0. The molecule has 0 aliphatic rings. The van der Waals surface area contributed by atoms with Crippen LogP contribution in [0.25, 0.3) is 0 Å². The molecule has 168 valence electrons. The molecule has 0 bridgehead atoms. The number of anilines is 1. The highest BCUT2D eigenvalue weighted by Gasteiger charge is 2.29. The first kappa shape index (κ1) is 23.6. The standard InChI is InChI=1S/C25H27FN2O3S/c1-18-15-19(2)25(20(3)16-18)32(30,31)28(14-13-21-7-5-4-6-8-21)17-24(29)27-23-11-9-22(26)10-12-23/h4-12,15-16H,13-14,17H2,1-3H3,(H,27,29). The van der Waals surface area contributed by atoms with Crippen LogP contribution in [0.4, 0.5) is 10.1 Å². The molecule has 0 spiro atoms. The molecule has 0 saturated carbocycles. The first-order valence-electron chi connectivity index (χ1n) is 10.3. The number of rotatable bonds is 8. The number of amides is 1. The van der Waals surface area contributed by atoms with Gasteiger partial charge in [0.15, 0.2) is 0 Å². The van der Waals surface area contributed by atoms with Crippen molar-refractivity contribution >= 4 is 21.6 Å². The van der Waals surface area contributed by atoms with Gasteiger partial charge < -0.3 is 5.32 Å². The van der Waals surface area contributed by atoms with Crippen LogP contribution in [0.3, 0.4) is 0 Å². The molecule has 0 saturated heterocycles. The average molecular weight is 455 g/mol. The highest BCUT2D eigenvalue weighted by Crippen LogP contribution is 2.25. The van der Waals surface area contributed by atoms with Crippen molar-refractivity contribution in [2.24, 2.45) is 0 Å². The number of aryl methyl sites for hydroxylation is 3. The molecular weight excluding hydrogens is 427 g/mol. The highest BCUT2D eigenvalue weighted by atomic mass is 32.2. The first-order chi connectivity index (χ1) is 15.2. The van der Waals surface area contributed by atoms with Crippen LogP contribution in [-0.4, -0.2) is 31.7 Å². The predicted molar refractivity (Wildman–Crippen MR) is 125 cm³/mol. The van der Waals surface area contributed by atoms with Crippen LogP contribution in [0.5, 0.6) is 0 Å². The third-order valence-electron chi connectivity index (χ3n) is 5.14. The summed E-state index contributed by atoms with van der Waals surface area (Å²) in [4.78, 5) is 12.9. The van der Waals surface area contributed by atoms with Gasteiger partial charge in [0.05, 0.1) is 11.4 Å². The molecule has 0 radical (unpaired) electrons. The lowest BCUT2D eigenvalue weighted by molar-refractivity contribution is -0.116. The van der Waals surface area contributed by atoms with Gasteiger partial charge in [-0.25, -0.2) is 12.8 Å². The van der Waals surface area contributed by atoms with Crippen molar-refractivity contribution in [3.05, 3.63) is 94.8 Å². The maximum absolute atomic E-state index is 13.6. The molecular formula is C25H27FN2O3S. The molecule has 0 aliphatic carbocycles. The monoisotopic (exact) mass is 454 g/mol. The van der Waals surface area contributed by atoms with E-state index in [4.69, 9.17) is 0 Å². The number of carbonyl (C=O) groups is 1. The van der Waals surface area contributed by atoms with Crippen LogP contribution in [0, 0.1) is 26.6 Å². The maximum Gasteiger partial charge on any atom is 0.244 e. The lowest BCUT2D eigenvalue weighted by Gasteiger charge is -2.24. The number of carbonyl (C=O) groups excluding carboxylic acids is 1. The Morgan fingerprint density at radius 2 is 1.53 bits per heavy atom. The van der Waals surface area contributed by atoms with Gasteiger partial charge >= 0.3 is 0 Å². The van der Waals surface area contributed by atoms with E-state index in [0.29, 0.717) is 23.2 Å². The summed E-state index contributed by atoms with van der Waals surface area (Å²) in [5.74, 6) is -0.906. The van der Waals surface area contributed by atoms with Gasteiger partial charge in [-0.15, -0.1) is 0 Å². The average Bonchev–Trinajstić information content (AvgIpc) is 2.72. The molecule has 0 unspecified atom stereocenters. The lowest BCUT2D eigenvalue weighted by atomic mass is 10.1. The molecule has 0 fully saturated rings. The minimum absolute atomic E-state index is 0.149. The predicted octanol–water partition coefficient (Wildman–Crippen LogP) is 4.62. The number of hydrogen-bond donors (Lipinski definition) is 1. The fourth-order valence-corrected chi connectivity index (χ4v) is 5.59. The zero-order valence-corrected chi connectivity index (χ0v) is 19.2. The van der Waals surface area contributed by atoms with E-state index in [1.54, 1.807) is 13.8 Å². The zero-order valence-electron chi connectivity index (χ0n) is 18.4. The molecule has 0 atom stereocenters. The van der Waals surface area contributed by atoms with Crippen LogP contribution >= 0.6 is 0 Å². The Labute approximate surface area is 188 Å². The molecule has 0 aromatic heterocycles. The Kier molecular flexibility index (Phi) is 7.43. The molecule has 3 rings (SSSR count). The van der Waals surface area contributed by atoms with Crippen molar-refractivity contribution in [2.75, 3.05) is 18.4 Å². The summed E-state index contributed by atoms with van der Waals surface area (Å²) in [6.45, 7) is 5.25. The molecule has 0 aliphatic heterocycles. The van der Waals surface area contributed by atoms with Crippen LogP contribution in [-0.2, 0) is 21.2 Å². The number of halogens is 1. The Morgan fingerprint density at radius 1 is 0.938 bits per heavy atom. The van der Waals surface area contributed by atoms with Gasteiger partial charge in [-0.1, -0.05) is 48.0 Å². The van der Waals surface area contributed by atoms with E-state index in [2.05, 4.69) is 5.32 Å². The number of sulfonamides is 1. The van der Waals surface area contributed by atoms with Crippen LogP contribution < -0.4 is 5.32 Å². The summed E-state index contributed by atoms with van der Waals surface area (Å²) in [5, 5.41) is 2.65. The minimum atomic E-state index is -3.93. The number of nitrogens with one attached hydrogen (secondary N) is 1. The second-order valence-corrected chi connectivity index (χ2v) is 9.73. The van der Waals surface area contributed by atoms with Crippen molar-refractivity contribution in [2.45, 2.75) is 32.1 Å². The Balaban J connectivity index is 1.89. The van der Waals surface area contributed by atoms with E-state index >= 15 is 0 Å².